The average Bonchev–Trinajstić information content (AvgIpc) is 2.39. The SMILES string of the molecule is CCN[C@H](Cc1ccc(C(=O)O)cc1)C(=O)OCC. The van der Waals surface area contributed by atoms with Crippen molar-refractivity contribution in [1.29, 1.82) is 0 Å². The fourth-order valence-corrected chi connectivity index (χ4v) is 1.75. The van der Waals surface area contributed by atoms with E-state index in [4.69, 9.17) is 9.84 Å². The van der Waals surface area contributed by atoms with Gasteiger partial charge in [-0.2, -0.15) is 0 Å². The summed E-state index contributed by atoms with van der Waals surface area (Å²) in [6, 6.07) is 6.10. The summed E-state index contributed by atoms with van der Waals surface area (Å²) in [6.45, 7) is 4.69. The summed E-state index contributed by atoms with van der Waals surface area (Å²) in [5.74, 6) is -1.24. The lowest BCUT2D eigenvalue weighted by atomic mass is 10.0. The van der Waals surface area contributed by atoms with Crippen molar-refractivity contribution in [3.63, 3.8) is 0 Å². The number of ether oxygens (including phenoxy) is 1. The van der Waals surface area contributed by atoms with E-state index in [0.29, 0.717) is 19.6 Å². The largest absolute Gasteiger partial charge is 0.478 e. The van der Waals surface area contributed by atoms with Crippen LogP contribution in [0, 0.1) is 0 Å². The second kappa shape index (κ2) is 7.53. The number of likely N-dealkylation sites (N-methyl/N-ethyl adjacent to an activating group) is 1. The third-order valence-corrected chi connectivity index (χ3v) is 2.66. The molecule has 0 unspecified atom stereocenters. The zero-order valence-electron chi connectivity index (χ0n) is 11.2. The van der Waals surface area contributed by atoms with Crippen LogP contribution in [0.2, 0.25) is 0 Å². The molecule has 0 saturated carbocycles. The predicted molar refractivity (Wildman–Crippen MR) is 71.2 cm³/mol. The van der Waals surface area contributed by atoms with Gasteiger partial charge in [-0.15, -0.1) is 0 Å². The summed E-state index contributed by atoms with van der Waals surface area (Å²) >= 11 is 0. The lowest BCUT2D eigenvalue weighted by molar-refractivity contribution is -0.145. The number of aromatic carboxylic acids is 1. The van der Waals surface area contributed by atoms with Gasteiger partial charge in [-0.05, 0) is 37.6 Å². The molecule has 0 aliphatic carbocycles. The number of benzene rings is 1. The smallest absolute Gasteiger partial charge is 0.335 e. The number of hydrogen-bond donors (Lipinski definition) is 2. The Bertz CT molecular complexity index is 428. The van der Waals surface area contributed by atoms with Crippen molar-refractivity contribution >= 4 is 11.9 Å². The molecule has 0 fully saturated rings. The monoisotopic (exact) mass is 265 g/mol. The Labute approximate surface area is 112 Å². The first kappa shape index (κ1) is 15.2. The van der Waals surface area contributed by atoms with Crippen molar-refractivity contribution in [2.24, 2.45) is 0 Å². The van der Waals surface area contributed by atoms with Crippen LogP contribution < -0.4 is 5.32 Å². The Morgan fingerprint density at radius 2 is 1.89 bits per heavy atom. The summed E-state index contributed by atoms with van der Waals surface area (Å²) in [5, 5.41) is 11.9. The average molecular weight is 265 g/mol. The number of hydrogen-bond acceptors (Lipinski definition) is 4. The molecule has 19 heavy (non-hydrogen) atoms. The van der Waals surface area contributed by atoms with Gasteiger partial charge in [0.1, 0.15) is 6.04 Å². The number of carbonyl (C=O) groups excluding carboxylic acids is 1. The fourth-order valence-electron chi connectivity index (χ4n) is 1.75. The fraction of sp³-hybridized carbons (Fsp3) is 0.429. The Morgan fingerprint density at radius 3 is 2.37 bits per heavy atom. The first-order valence-corrected chi connectivity index (χ1v) is 6.30. The van der Waals surface area contributed by atoms with Gasteiger partial charge in [0.25, 0.3) is 0 Å². The highest BCUT2D eigenvalue weighted by Gasteiger charge is 2.19. The topological polar surface area (TPSA) is 75.6 Å². The third kappa shape index (κ3) is 4.71. The summed E-state index contributed by atoms with van der Waals surface area (Å²) in [4.78, 5) is 22.5. The van der Waals surface area contributed by atoms with E-state index >= 15 is 0 Å². The van der Waals surface area contributed by atoms with E-state index in [1.54, 1.807) is 19.1 Å². The van der Waals surface area contributed by atoms with Gasteiger partial charge >= 0.3 is 11.9 Å². The van der Waals surface area contributed by atoms with Crippen LogP contribution in [0.25, 0.3) is 0 Å². The zero-order chi connectivity index (χ0) is 14.3. The molecule has 1 aromatic rings. The van der Waals surface area contributed by atoms with Gasteiger partial charge in [-0.1, -0.05) is 19.1 Å². The normalized spacial score (nSPS) is 11.9. The van der Waals surface area contributed by atoms with Crippen LogP contribution in [0.1, 0.15) is 29.8 Å². The molecule has 1 atom stereocenters. The Morgan fingerprint density at radius 1 is 1.26 bits per heavy atom. The number of rotatable bonds is 7. The Hall–Kier alpha value is -1.88. The van der Waals surface area contributed by atoms with E-state index in [1.165, 1.54) is 12.1 Å². The molecule has 0 amide bonds. The molecule has 0 radical (unpaired) electrons. The van der Waals surface area contributed by atoms with E-state index in [2.05, 4.69) is 5.32 Å². The minimum Gasteiger partial charge on any atom is -0.478 e. The maximum Gasteiger partial charge on any atom is 0.335 e. The second-order valence-electron chi connectivity index (χ2n) is 4.07. The summed E-state index contributed by atoms with van der Waals surface area (Å²) in [6.07, 6.45) is 0.479. The lowest BCUT2D eigenvalue weighted by Crippen LogP contribution is -2.39. The van der Waals surface area contributed by atoms with Gasteiger partial charge in [0.2, 0.25) is 0 Å². The van der Waals surface area contributed by atoms with Gasteiger partial charge in [-0.3, -0.25) is 4.79 Å². The molecule has 0 saturated heterocycles. The molecule has 2 N–H and O–H groups in total. The van der Waals surface area contributed by atoms with Crippen LogP contribution in [-0.2, 0) is 16.0 Å². The molecule has 104 valence electrons. The number of carboxylic acid groups (broad SMARTS) is 1. The van der Waals surface area contributed by atoms with Crippen molar-refractivity contribution in [3.8, 4) is 0 Å². The van der Waals surface area contributed by atoms with E-state index < -0.39 is 12.0 Å². The summed E-state index contributed by atoms with van der Waals surface area (Å²) < 4.78 is 5.00. The van der Waals surface area contributed by atoms with Crippen molar-refractivity contribution in [1.82, 2.24) is 5.32 Å². The Balaban J connectivity index is 2.73. The molecule has 1 rings (SSSR count). The third-order valence-electron chi connectivity index (χ3n) is 2.66. The molecule has 0 bridgehead atoms. The van der Waals surface area contributed by atoms with Crippen molar-refractivity contribution in [2.45, 2.75) is 26.3 Å². The summed E-state index contributed by atoms with van der Waals surface area (Å²) in [5.41, 5.74) is 1.13. The molecule has 0 heterocycles. The van der Waals surface area contributed by atoms with Crippen molar-refractivity contribution in [3.05, 3.63) is 35.4 Å². The van der Waals surface area contributed by atoms with Crippen LogP contribution in [0.5, 0.6) is 0 Å². The maximum atomic E-state index is 11.7. The molecule has 1 aromatic carbocycles. The minimum atomic E-state index is -0.958. The van der Waals surface area contributed by atoms with E-state index in [1.807, 2.05) is 6.92 Å². The number of carbonyl (C=O) groups is 2. The quantitative estimate of drug-likeness (QED) is 0.730. The molecule has 0 aliphatic rings. The first-order valence-electron chi connectivity index (χ1n) is 6.30. The van der Waals surface area contributed by atoms with E-state index in [-0.39, 0.29) is 11.5 Å². The maximum absolute atomic E-state index is 11.7. The first-order chi connectivity index (χ1) is 9.08. The van der Waals surface area contributed by atoms with E-state index in [9.17, 15) is 9.59 Å². The summed E-state index contributed by atoms with van der Waals surface area (Å²) in [7, 11) is 0. The van der Waals surface area contributed by atoms with Gasteiger partial charge in [0, 0.05) is 0 Å². The van der Waals surface area contributed by atoms with E-state index in [0.717, 1.165) is 5.56 Å². The molecule has 0 aliphatic heterocycles. The minimum absolute atomic E-state index is 0.236. The molecule has 0 aromatic heterocycles. The van der Waals surface area contributed by atoms with Crippen LogP contribution >= 0.6 is 0 Å². The molecular weight excluding hydrogens is 246 g/mol. The van der Waals surface area contributed by atoms with Crippen LogP contribution in [0.4, 0.5) is 0 Å². The van der Waals surface area contributed by atoms with Crippen LogP contribution in [0.3, 0.4) is 0 Å². The lowest BCUT2D eigenvalue weighted by Gasteiger charge is -2.16. The van der Waals surface area contributed by atoms with Gasteiger partial charge < -0.3 is 15.2 Å². The van der Waals surface area contributed by atoms with Crippen molar-refractivity contribution in [2.75, 3.05) is 13.2 Å². The van der Waals surface area contributed by atoms with Crippen LogP contribution in [-0.4, -0.2) is 36.2 Å². The van der Waals surface area contributed by atoms with Gasteiger partial charge in [0.15, 0.2) is 0 Å². The van der Waals surface area contributed by atoms with Gasteiger partial charge in [0.05, 0.1) is 12.2 Å². The van der Waals surface area contributed by atoms with Gasteiger partial charge in [-0.25, -0.2) is 4.79 Å². The highest BCUT2D eigenvalue weighted by molar-refractivity contribution is 5.87. The molecular formula is C14H19NO4. The Kier molecular flexibility index (Phi) is 6.02. The zero-order valence-corrected chi connectivity index (χ0v) is 11.2. The number of nitrogens with one attached hydrogen (secondary N) is 1. The number of esters is 1. The predicted octanol–water partition coefficient (Wildman–Crippen LogP) is 1.47. The standard InChI is InChI=1S/C14H19NO4/c1-3-15-12(14(18)19-4-2)9-10-5-7-11(8-6-10)13(16)17/h5-8,12,15H,3-4,9H2,1-2H3,(H,16,17)/t12-/m1/s1. The number of carboxylic acids is 1. The second-order valence-corrected chi connectivity index (χ2v) is 4.07. The van der Waals surface area contributed by atoms with Crippen molar-refractivity contribution < 1.29 is 19.4 Å². The highest BCUT2D eigenvalue weighted by Crippen LogP contribution is 2.08. The molecule has 5 heteroatoms. The van der Waals surface area contributed by atoms with Crippen LogP contribution in [0.15, 0.2) is 24.3 Å². The highest BCUT2D eigenvalue weighted by atomic mass is 16.5. The molecule has 5 nitrogen and oxygen atoms in total. The molecule has 0 spiro atoms.